The lowest BCUT2D eigenvalue weighted by molar-refractivity contribution is -0.135. The van der Waals surface area contributed by atoms with E-state index in [1.165, 1.54) is 16.2 Å². The fraction of sp³-hybridized carbons (Fsp3) is 0.333. The number of fused-ring (bicyclic) bond motifs is 1. The van der Waals surface area contributed by atoms with Gasteiger partial charge in [-0.1, -0.05) is 17.7 Å². The molecule has 1 aromatic carbocycles. The minimum absolute atomic E-state index is 0.0247. The van der Waals surface area contributed by atoms with E-state index < -0.39 is 0 Å². The Hall–Kier alpha value is -2.35. The lowest BCUT2D eigenvalue weighted by Crippen LogP contribution is -2.48. The van der Waals surface area contributed by atoms with Gasteiger partial charge in [-0.2, -0.15) is 0 Å². The van der Waals surface area contributed by atoms with Crippen molar-refractivity contribution >= 4 is 46.1 Å². The van der Waals surface area contributed by atoms with Crippen LogP contribution in [0.5, 0.6) is 5.75 Å². The number of hydrogen-bond acceptors (Lipinski definition) is 5. The lowest BCUT2D eigenvalue weighted by Gasteiger charge is -2.37. The van der Waals surface area contributed by atoms with E-state index in [0.29, 0.717) is 23.1 Å². The summed E-state index contributed by atoms with van der Waals surface area (Å²) in [5, 5.41) is 4.63. The van der Waals surface area contributed by atoms with Gasteiger partial charge in [-0.3, -0.25) is 9.59 Å². The van der Waals surface area contributed by atoms with Gasteiger partial charge in [-0.15, -0.1) is 22.7 Å². The molecule has 0 saturated heterocycles. The molecule has 8 heteroatoms. The third-order valence-corrected chi connectivity index (χ3v) is 8.03. The first kappa shape index (κ1) is 21.5. The Labute approximate surface area is 200 Å². The predicted molar refractivity (Wildman–Crippen MR) is 128 cm³/mol. The standard InChI is InChI=1S/C24H23ClN2O3S2/c25-16-3-7-18(8-4-16)30-15-20-19-10-13-32-21(19)9-11-26(20)23(28)14-27(17-5-6-17)24(29)22-2-1-12-31-22/h1-4,7-8,10,12-13,17,20H,5-6,9,11,14-15H2. The zero-order valence-corrected chi connectivity index (χ0v) is 19.8. The molecule has 5 nitrogen and oxygen atoms in total. The van der Waals surface area contributed by atoms with Crippen molar-refractivity contribution in [2.45, 2.75) is 31.3 Å². The number of nitrogens with zero attached hydrogens (tertiary/aromatic N) is 2. The Kier molecular flexibility index (Phi) is 6.22. The summed E-state index contributed by atoms with van der Waals surface area (Å²) in [5.41, 5.74) is 1.14. The smallest absolute Gasteiger partial charge is 0.264 e. The predicted octanol–water partition coefficient (Wildman–Crippen LogP) is 5.27. The Balaban J connectivity index is 1.33. The van der Waals surface area contributed by atoms with Gasteiger partial charge >= 0.3 is 0 Å². The van der Waals surface area contributed by atoms with E-state index in [2.05, 4.69) is 11.4 Å². The number of amides is 2. The third-order valence-electron chi connectivity index (χ3n) is 5.92. The summed E-state index contributed by atoms with van der Waals surface area (Å²) in [4.78, 5) is 32.1. The molecular weight excluding hydrogens is 464 g/mol. The van der Waals surface area contributed by atoms with Crippen molar-refractivity contribution in [3.05, 3.63) is 73.6 Å². The number of benzene rings is 1. The Morgan fingerprint density at radius 2 is 1.91 bits per heavy atom. The average molecular weight is 487 g/mol. The molecule has 32 heavy (non-hydrogen) atoms. The summed E-state index contributed by atoms with van der Waals surface area (Å²) in [7, 11) is 0. The molecule has 166 valence electrons. The van der Waals surface area contributed by atoms with Crippen LogP contribution in [0.15, 0.2) is 53.2 Å². The van der Waals surface area contributed by atoms with Crippen LogP contribution in [0.3, 0.4) is 0 Å². The van der Waals surface area contributed by atoms with Gasteiger partial charge in [0.15, 0.2) is 0 Å². The van der Waals surface area contributed by atoms with Crippen molar-refractivity contribution in [3.63, 3.8) is 0 Å². The first-order valence-corrected chi connectivity index (χ1v) is 12.8. The second-order valence-corrected chi connectivity index (χ2v) is 10.4. The maximum absolute atomic E-state index is 13.5. The highest BCUT2D eigenvalue weighted by atomic mass is 35.5. The number of carbonyl (C=O) groups is 2. The topological polar surface area (TPSA) is 49.9 Å². The Bertz CT molecular complexity index is 1090. The van der Waals surface area contributed by atoms with Crippen molar-refractivity contribution in [2.75, 3.05) is 19.7 Å². The average Bonchev–Trinajstić information content (AvgIpc) is 3.28. The van der Waals surface area contributed by atoms with Gasteiger partial charge in [0.25, 0.3) is 5.91 Å². The van der Waals surface area contributed by atoms with E-state index >= 15 is 0 Å². The van der Waals surface area contributed by atoms with Crippen LogP contribution in [0.2, 0.25) is 5.02 Å². The summed E-state index contributed by atoms with van der Waals surface area (Å²) in [6.07, 6.45) is 2.75. The number of ether oxygens (including phenoxy) is 1. The lowest BCUT2D eigenvalue weighted by atomic mass is 10.0. The number of hydrogen-bond donors (Lipinski definition) is 0. The van der Waals surface area contributed by atoms with Gasteiger partial charge in [-0.05, 0) is 72.0 Å². The number of halogens is 1. The molecule has 0 spiro atoms. The minimum Gasteiger partial charge on any atom is -0.491 e. The van der Waals surface area contributed by atoms with Gasteiger partial charge in [0, 0.05) is 22.5 Å². The normalized spacial score (nSPS) is 17.7. The molecule has 1 aliphatic carbocycles. The third kappa shape index (κ3) is 4.56. The highest BCUT2D eigenvalue weighted by Gasteiger charge is 2.38. The van der Waals surface area contributed by atoms with Gasteiger partial charge in [0.1, 0.15) is 18.9 Å². The van der Waals surface area contributed by atoms with Crippen LogP contribution in [0.25, 0.3) is 0 Å². The second-order valence-electron chi connectivity index (χ2n) is 8.06. The van der Waals surface area contributed by atoms with Crippen molar-refractivity contribution in [2.24, 2.45) is 0 Å². The molecule has 1 aliphatic heterocycles. The molecule has 3 heterocycles. The van der Waals surface area contributed by atoms with Crippen LogP contribution in [0, 0.1) is 0 Å². The molecule has 5 rings (SSSR count). The molecule has 0 bridgehead atoms. The monoisotopic (exact) mass is 486 g/mol. The first-order chi connectivity index (χ1) is 15.6. The van der Waals surface area contributed by atoms with E-state index in [1.54, 1.807) is 28.4 Å². The fourth-order valence-corrected chi connectivity index (χ4v) is 5.85. The minimum atomic E-state index is -0.175. The van der Waals surface area contributed by atoms with E-state index in [-0.39, 0.29) is 30.4 Å². The molecule has 1 saturated carbocycles. The van der Waals surface area contributed by atoms with Crippen LogP contribution in [0.4, 0.5) is 0 Å². The molecule has 0 N–H and O–H groups in total. The van der Waals surface area contributed by atoms with Crippen molar-refractivity contribution in [3.8, 4) is 5.75 Å². The summed E-state index contributed by atoms with van der Waals surface area (Å²) in [6.45, 7) is 1.10. The van der Waals surface area contributed by atoms with Gasteiger partial charge < -0.3 is 14.5 Å². The molecule has 2 aromatic heterocycles. The van der Waals surface area contributed by atoms with Gasteiger partial charge in [-0.25, -0.2) is 0 Å². The van der Waals surface area contributed by atoms with Crippen LogP contribution in [-0.4, -0.2) is 47.4 Å². The van der Waals surface area contributed by atoms with Crippen molar-refractivity contribution in [1.29, 1.82) is 0 Å². The molecule has 1 atom stereocenters. The maximum Gasteiger partial charge on any atom is 0.264 e. The van der Waals surface area contributed by atoms with E-state index in [9.17, 15) is 9.59 Å². The molecule has 2 aliphatic rings. The Morgan fingerprint density at radius 3 is 2.62 bits per heavy atom. The number of carbonyl (C=O) groups excluding carboxylic acids is 2. The first-order valence-electron chi connectivity index (χ1n) is 10.7. The zero-order chi connectivity index (χ0) is 22.1. The van der Waals surface area contributed by atoms with Crippen LogP contribution in [0.1, 0.15) is 39.0 Å². The highest BCUT2D eigenvalue weighted by molar-refractivity contribution is 7.12. The summed E-state index contributed by atoms with van der Waals surface area (Å²) < 4.78 is 6.05. The van der Waals surface area contributed by atoms with E-state index in [0.717, 1.165) is 30.6 Å². The molecular formula is C24H23ClN2O3S2. The van der Waals surface area contributed by atoms with Crippen LogP contribution in [-0.2, 0) is 11.2 Å². The number of rotatable bonds is 7. The van der Waals surface area contributed by atoms with E-state index in [1.807, 2.05) is 34.5 Å². The second kappa shape index (κ2) is 9.25. The number of thiophene rings is 2. The summed E-state index contributed by atoms with van der Waals surface area (Å²) >= 11 is 9.13. The summed E-state index contributed by atoms with van der Waals surface area (Å²) in [5.74, 6) is 0.651. The molecule has 0 radical (unpaired) electrons. The van der Waals surface area contributed by atoms with Crippen LogP contribution < -0.4 is 4.74 Å². The molecule has 1 fully saturated rings. The quantitative estimate of drug-likeness (QED) is 0.457. The molecule has 3 aromatic rings. The van der Waals surface area contributed by atoms with Gasteiger partial charge in [0.2, 0.25) is 5.91 Å². The van der Waals surface area contributed by atoms with Crippen LogP contribution >= 0.6 is 34.3 Å². The molecule has 2 amide bonds. The fourth-order valence-electron chi connectivity index (χ4n) is 4.11. The van der Waals surface area contributed by atoms with E-state index in [4.69, 9.17) is 16.3 Å². The Morgan fingerprint density at radius 1 is 1.09 bits per heavy atom. The zero-order valence-electron chi connectivity index (χ0n) is 17.4. The highest BCUT2D eigenvalue weighted by Crippen LogP contribution is 2.35. The maximum atomic E-state index is 13.5. The SMILES string of the molecule is O=C(c1cccs1)N(CC(=O)N1CCc2sccc2C1COc1ccc(Cl)cc1)C1CC1. The summed E-state index contributed by atoms with van der Waals surface area (Å²) in [6, 6.07) is 13.0. The molecule has 1 unspecified atom stereocenters. The largest absolute Gasteiger partial charge is 0.491 e. The van der Waals surface area contributed by atoms with Crippen molar-refractivity contribution in [1.82, 2.24) is 9.80 Å². The van der Waals surface area contributed by atoms with Gasteiger partial charge in [0.05, 0.1) is 10.9 Å². The van der Waals surface area contributed by atoms with Crippen molar-refractivity contribution < 1.29 is 14.3 Å².